The van der Waals surface area contributed by atoms with E-state index in [1.54, 1.807) is 0 Å². The van der Waals surface area contributed by atoms with Gasteiger partial charge in [0.2, 0.25) is 5.91 Å². The third kappa shape index (κ3) is 2.93. The molecule has 1 saturated heterocycles. The Morgan fingerprint density at radius 2 is 1.89 bits per heavy atom. The highest BCUT2D eigenvalue weighted by molar-refractivity contribution is 6.30. The SMILES string of the molecule is NC(=O)[C@@H]1CNCC[C@@H]1C1CC(Cl)C(Cl)C[C@H]1O. The van der Waals surface area contributed by atoms with Crippen LogP contribution in [-0.2, 0) is 4.79 Å². The Morgan fingerprint density at radius 1 is 1.22 bits per heavy atom. The van der Waals surface area contributed by atoms with Crippen molar-refractivity contribution in [3.05, 3.63) is 0 Å². The number of nitrogens with two attached hydrogens (primary N) is 1. The summed E-state index contributed by atoms with van der Waals surface area (Å²) in [6.07, 6.45) is 1.53. The standard InChI is InChI=1S/C12H20Cl2N2O2/c13-9-3-7(11(17)4-10(9)14)6-1-2-16-5-8(6)12(15)18/h6-11,16-17H,1-5H2,(H2,15,18)/t6-,7?,8-,9?,10?,11-/m1/s1. The zero-order valence-corrected chi connectivity index (χ0v) is 11.7. The molecule has 4 N–H and O–H groups in total. The molecule has 2 aliphatic rings. The highest BCUT2D eigenvalue weighted by atomic mass is 35.5. The summed E-state index contributed by atoms with van der Waals surface area (Å²) in [5, 5.41) is 13.0. The van der Waals surface area contributed by atoms with Gasteiger partial charge in [0, 0.05) is 6.54 Å². The fraction of sp³-hybridized carbons (Fsp3) is 0.917. The number of aliphatic hydroxyl groups is 1. The summed E-state index contributed by atoms with van der Waals surface area (Å²) in [5.41, 5.74) is 5.45. The number of carbonyl (C=O) groups excluding carboxylic acids is 1. The lowest BCUT2D eigenvalue weighted by atomic mass is 9.69. The van der Waals surface area contributed by atoms with Gasteiger partial charge in [0.1, 0.15) is 0 Å². The first-order valence-corrected chi connectivity index (χ1v) is 7.34. The van der Waals surface area contributed by atoms with E-state index in [2.05, 4.69) is 5.32 Å². The molecule has 0 aromatic rings. The lowest BCUT2D eigenvalue weighted by Crippen LogP contribution is -2.51. The molecule has 104 valence electrons. The number of piperidine rings is 1. The second-order valence-electron chi connectivity index (χ2n) is 5.40. The minimum absolute atomic E-state index is 0.0297. The number of amides is 1. The fourth-order valence-corrected chi connectivity index (χ4v) is 3.87. The molecule has 1 amide bonds. The maximum absolute atomic E-state index is 11.5. The van der Waals surface area contributed by atoms with Gasteiger partial charge >= 0.3 is 0 Å². The molecular formula is C12H20Cl2N2O2. The Bertz CT molecular complexity index is 316. The van der Waals surface area contributed by atoms with Crippen molar-refractivity contribution in [2.75, 3.05) is 13.1 Å². The van der Waals surface area contributed by atoms with Crippen molar-refractivity contribution in [3.8, 4) is 0 Å². The molecule has 0 aromatic heterocycles. The molecule has 1 aliphatic carbocycles. The summed E-state index contributed by atoms with van der Waals surface area (Å²) in [4.78, 5) is 11.5. The van der Waals surface area contributed by atoms with Gasteiger partial charge in [-0.15, -0.1) is 23.2 Å². The highest BCUT2D eigenvalue weighted by Crippen LogP contribution is 2.40. The van der Waals surface area contributed by atoms with E-state index in [1.165, 1.54) is 0 Å². The van der Waals surface area contributed by atoms with Crippen molar-refractivity contribution in [1.29, 1.82) is 0 Å². The van der Waals surface area contributed by atoms with Gasteiger partial charge in [0.05, 0.1) is 22.8 Å². The molecular weight excluding hydrogens is 275 g/mol. The number of rotatable bonds is 2. The lowest BCUT2D eigenvalue weighted by molar-refractivity contribution is -0.126. The van der Waals surface area contributed by atoms with E-state index in [0.29, 0.717) is 19.4 Å². The lowest BCUT2D eigenvalue weighted by Gasteiger charge is -2.42. The van der Waals surface area contributed by atoms with Gasteiger partial charge in [-0.05, 0) is 37.6 Å². The molecule has 2 fully saturated rings. The number of primary amides is 1. The van der Waals surface area contributed by atoms with Crippen LogP contribution in [0.15, 0.2) is 0 Å². The maximum Gasteiger partial charge on any atom is 0.222 e. The zero-order chi connectivity index (χ0) is 13.3. The number of aliphatic hydroxyl groups excluding tert-OH is 1. The average Bonchev–Trinajstić information content (AvgIpc) is 2.34. The molecule has 0 spiro atoms. The third-order valence-electron chi connectivity index (χ3n) is 4.30. The molecule has 18 heavy (non-hydrogen) atoms. The molecule has 0 radical (unpaired) electrons. The number of nitrogens with one attached hydrogen (secondary N) is 1. The summed E-state index contributed by atoms with van der Waals surface area (Å²) < 4.78 is 0. The number of halogens is 2. The first-order valence-electron chi connectivity index (χ1n) is 6.47. The molecule has 3 unspecified atom stereocenters. The van der Waals surface area contributed by atoms with Crippen LogP contribution >= 0.6 is 23.2 Å². The van der Waals surface area contributed by atoms with E-state index in [1.807, 2.05) is 0 Å². The minimum Gasteiger partial charge on any atom is -0.393 e. The second-order valence-corrected chi connectivity index (χ2v) is 6.52. The van der Waals surface area contributed by atoms with Crippen LogP contribution in [0.3, 0.4) is 0 Å². The van der Waals surface area contributed by atoms with E-state index >= 15 is 0 Å². The van der Waals surface area contributed by atoms with Gasteiger partial charge < -0.3 is 16.2 Å². The fourth-order valence-electron chi connectivity index (χ4n) is 3.28. The number of hydrogen-bond donors (Lipinski definition) is 3. The van der Waals surface area contributed by atoms with Crippen LogP contribution in [0, 0.1) is 17.8 Å². The van der Waals surface area contributed by atoms with Crippen molar-refractivity contribution in [1.82, 2.24) is 5.32 Å². The van der Waals surface area contributed by atoms with E-state index in [9.17, 15) is 9.90 Å². The Hall–Kier alpha value is -0.0300. The highest BCUT2D eigenvalue weighted by Gasteiger charge is 2.43. The predicted molar refractivity (Wildman–Crippen MR) is 71.7 cm³/mol. The Balaban J connectivity index is 2.10. The summed E-state index contributed by atoms with van der Waals surface area (Å²) in [5.74, 6) is -0.362. The van der Waals surface area contributed by atoms with Gasteiger partial charge in [-0.2, -0.15) is 0 Å². The largest absolute Gasteiger partial charge is 0.393 e. The smallest absolute Gasteiger partial charge is 0.222 e. The van der Waals surface area contributed by atoms with Crippen LogP contribution in [0.25, 0.3) is 0 Å². The topological polar surface area (TPSA) is 75.4 Å². The van der Waals surface area contributed by atoms with Gasteiger partial charge in [-0.1, -0.05) is 0 Å². The molecule has 1 aliphatic heterocycles. The van der Waals surface area contributed by atoms with Crippen molar-refractivity contribution in [2.45, 2.75) is 36.1 Å². The average molecular weight is 295 g/mol. The van der Waals surface area contributed by atoms with E-state index < -0.39 is 6.10 Å². The Labute approximate surface area is 117 Å². The maximum atomic E-state index is 11.5. The molecule has 1 heterocycles. The number of hydrogen-bond acceptors (Lipinski definition) is 3. The van der Waals surface area contributed by atoms with Gasteiger partial charge in [-0.3, -0.25) is 4.79 Å². The van der Waals surface area contributed by atoms with E-state index in [0.717, 1.165) is 13.0 Å². The van der Waals surface area contributed by atoms with Gasteiger partial charge in [0.15, 0.2) is 0 Å². The van der Waals surface area contributed by atoms with Crippen LogP contribution in [-0.4, -0.2) is 41.0 Å². The number of alkyl halides is 2. The van der Waals surface area contributed by atoms with Crippen molar-refractivity contribution < 1.29 is 9.90 Å². The van der Waals surface area contributed by atoms with Crippen LogP contribution in [0.5, 0.6) is 0 Å². The Morgan fingerprint density at radius 3 is 2.56 bits per heavy atom. The van der Waals surface area contributed by atoms with Crippen molar-refractivity contribution >= 4 is 29.1 Å². The molecule has 0 aromatic carbocycles. The quantitative estimate of drug-likeness (QED) is 0.656. The molecule has 4 nitrogen and oxygen atoms in total. The predicted octanol–water partition coefficient (Wildman–Crippen LogP) is 0.683. The Kier molecular flexibility index (Phi) is 4.75. The van der Waals surface area contributed by atoms with E-state index in [4.69, 9.17) is 28.9 Å². The van der Waals surface area contributed by atoms with Gasteiger partial charge in [0.25, 0.3) is 0 Å². The summed E-state index contributed by atoms with van der Waals surface area (Å²) >= 11 is 12.3. The minimum atomic E-state index is -0.479. The third-order valence-corrected chi connectivity index (χ3v) is 5.40. The second kappa shape index (κ2) is 5.95. The molecule has 1 saturated carbocycles. The van der Waals surface area contributed by atoms with Crippen LogP contribution in [0.2, 0.25) is 0 Å². The summed E-state index contributed by atoms with van der Waals surface area (Å²) in [6, 6.07) is 0. The van der Waals surface area contributed by atoms with Crippen LogP contribution in [0.4, 0.5) is 0 Å². The first kappa shape index (κ1) is 14.4. The molecule has 0 bridgehead atoms. The van der Waals surface area contributed by atoms with Gasteiger partial charge in [-0.25, -0.2) is 0 Å². The van der Waals surface area contributed by atoms with Crippen LogP contribution in [0.1, 0.15) is 19.3 Å². The molecule has 6 atom stereocenters. The van der Waals surface area contributed by atoms with Crippen molar-refractivity contribution in [2.24, 2.45) is 23.5 Å². The van der Waals surface area contributed by atoms with Crippen molar-refractivity contribution in [3.63, 3.8) is 0 Å². The zero-order valence-electron chi connectivity index (χ0n) is 10.2. The molecule has 2 rings (SSSR count). The monoisotopic (exact) mass is 294 g/mol. The van der Waals surface area contributed by atoms with E-state index in [-0.39, 0.29) is 34.4 Å². The number of carbonyl (C=O) groups is 1. The first-order chi connectivity index (χ1) is 8.50. The normalized spacial score (nSPS) is 45.7. The molecule has 6 heteroatoms. The van der Waals surface area contributed by atoms with Crippen LogP contribution < -0.4 is 11.1 Å². The summed E-state index contributed by atoms with van der Waals surface area (Å²) in [7, 11) is 0. The summed E-state index contributed by atoms with van der Waals surface area (Å²) in [6.45, 7) is 1.45.